The van der Waals surface area contributed by atoms with Gasteiger partial charge in [-0.2, -0.15) is 0 Å². The summed E-state index contributed by atoms with van der Waals surface area (Å²) in [4.78, 5) is 28.3. The fourth-order valence-electron chi connectivity index (χ4n) is 8.24. The van der Waals surface area contributed by atoms with E-state index in [9.17, 15) is 9.59 Å². The lowest BCUT2D eigenvalue weighted by Crippen LogP contribution is -2.66. The Kier molecular flexibility index (Phi) is 18.9. The number of hydrogen-bond acceptors (Lipinski definition) is 13. The normalized spacial score (nSPS) is 24.2. The highest BCUT2D eigenvalue weighted by molar-refractivity contribution is 6.76. The van der Waals surface area contributed by atoms with E-state index < -0.39 is 83.0 Å². The van der Waals surface area contributed by atoms with Crippen LogP contribution < -0.4 is 0 Å². The Bertz CT molecular complexity index is 2600. The second-order valence-corrected chi connectivity index (χ2v) is 19.3. The Balaban J connectivity index is 1.21. The molecule has 16 heteroatoms. The van der Waals surface area contributed by atoms with Crippen LogP contribution in [0.1, 0.15) is 49.9 Å². The topological polar surface area (TPSA) is 150 Å². The summed E-state index contributed by atoms with van der Waals surface area (Å²) in [5, 5.41) is 8.53. The lowest BCUT2D eigenvalue weighted by atomic mass is 9.96. The summed E-state index contributed by atoms with van der Waals surface area (Å²) in [6.07, 6.45) is -12.2. The molecule has 0 aliphatic carbocycles. The molecule has 2 fully saturated rings. The molecule has 1 N–H and O–H groups in total. The van der Waals surface area contributed by atoms with Gasteiger partial charge in [0.2, 0.25) is 18.3 Å². The predicted octanol–water partition coefficient (Wildman–Crippen LogP) is 10.6. The van der Waals surface area contributed by atoms with Crippen LogP contribution in [0.25, 0.3) is 0 Å². The van der Waals surface area contributed by atoms with Gasteiger partial charge in [0.25, 0.3) is 3.79 Å². The molecule has 72 heavy (non-hydrogen) atoms. The molecule has 2 aliphatic rings. The maximum atomic E-state index is 14.2. The molecule has 8 rings (SSSR count). The van der Waals surface area contributed by atoms with E-state index in [1.54, 1.807) is 67.6 Å². The van der Waals surface area contributed by atoms with E-state index in [0.717, 1.165) is 22.3 Å². The van der Waals surface area contributed by atoms with Crippen LogP contribution in [0, 0.1) is 5.41 Å². The fraction of sp³-hybridized carbons (Fsp3) is 0.304. The first kappa shape index (κ1) is 52.6. The quantitative estimate of drug-likeness (QED) is 0.0335. The van der Waals surface area contributed by atoms with E-state index in [0.29, 0.717) is 0 Å². The Hall–Kier alpha value is -5.68. The van der Waals surface area contributed by atoms with E-state index >= 15 is 0 Å². The van der Waals surface area contributed by atoms with Crippen molar-refractivity contribution in [3.8, 4) is 0 Å². The third-order valence-electron chi connectivity index (χ3n) is 11.9. The lowest BCUT2D eigenvalue weighted by Gasteiger charge is -2.49. The number of rotatable bonds is 20. The molecule has 2 heterocycles. The van der Waals surface area contributed by atoms with E-state index in [1.165, 1.54) is 0 Å². The van der Waals surface area contributed by atoms with Gasteiger partial charge < -0.3 is 47.4 Å². The summed E-state index contributed by atoms with van der Waals surface area (Å²) in [5.41, 5.74) is 3.92. The summed E-state index contributed by atoms with van der Waals surface area (Å²) in [6.45, 7) is 2.34. The molecule has 0 unspecified atom stereocenters. The Labute approximate surface area is 433 Å². The number of hydrogen-bond donors (Lipinski definition) is 1. The van der Waals surface area contributed by atoms with Crippen molar-refractivity contribution in [1.82, 2.24) is 0 Å². The number of halogens is 3. The number of carbonyl (C=O) groups excluding carboxylic acids is 2. The maximum absolute atomic E-state index is 14.2. The van der Waals surface area contributed by atoms with Crippen molar-refractivity contribution in [1.29, 1.82) is 5.41 Å². The molecule has 13 nitrogen and oxygen atoms in total. The van der Waals surface area contributed by atoms with Crippen molar-refractivity contribution in [2.75, 3.05) is 6.61 Å². The molecular weight excluding hydrogens is 985 g/mol. The molecular formula is C56H54Cl3NO12. The summed E-state index contributed by atoms with van der Waals surface area (Å²) in [7, 11) is 0. The summed E-state index contributed by atoms with van der Waals surface area (Å²) < 4.78 is 63.6. The van der Waals surface area contributed by atoms with E-state index in [4.69, 9.17) is 87.6 Å². The molecule has 10 atom stereocenters. The molecule has 0 aromatic heterocycles. The summed E-state index contributed by atoms with van der Waals surface area (Å²) in [6, 6.07) is 55.1. The van der Waals surface area contributed by atoms with Crippen molar-refractivity contribution in [3.05, 3.63) is 215 Å². The maximum Gasteiger partial charge on any atom is 0.338 e. The van der Waals surface area contributed by atoms with E-state index in [1.807, 2.05) is 121 Å². The van der Waals surface area contributed by atoms with Crippen LogP contribution in [0.4, 0.5) is 0 Å². The lowest BCUT2D eigenvalue weighted by molar-refractivity contribution is -0.362. The third-order valence-corrected chi connectivity index (χ3v) is 12.4. The van der Waals surface area contributed by atoms with Gasteiger partial charge in [0.15, 0.2) is 12.4 Å². The first-order valence-electron chi connectivity index (χ1n) is 23.4. The van der Waals surface area contributed by atoms with Crippen LogP contribution in [-0.4, -0.2) is 89.6 Å². The molecule has 2 saturated heterocycles. The molecule has 2 aliphatic heterocycles. The standard InChI is InChI=1S/C56H54Cl3NO12/c1-37-45(48(69-51(61)42-28-16-6-17-29-42)50(54(67-37)72-55(60)56(57,58)59)70-52(62)43-30-18-7-19-31-43)71-53-49(66-35-41-26-14-5-15-27-41)47(65-34-40-24-12-4-13-25-40)46(64-33-39-22-10-3-11-23-39)44(68-53)36-63-32-38-20-8-2-9-21-38/h2-31,37,44-50,53-54,60H,32-36H2,1H3/t37-,44+,45-,46+,47-,48+,49+,50+,53+,54-/m0/s1. The number of carbonyl (C=O) groups is 2. The zero-order chi connectivity index (χ0) is 50.3. The van der Waals surface area contributed by atoms with Gasteiger partial charge in [-0.05, 0) is 53.4 Å². The highest BCUT2D eigenvalue weighted by Crippen LogP contribution is 2.38. The summed E-state index contributed by atoms with van der Waals surface area (Å²) >= 11 is 18.3. The van der Waals surface area contributed by atoms with E-state index in [2.05, 4.69) is 0 Å². The first-order chi connectivity index (χ1) is 35.0. The van der Waals surface area contributed by atoms with Gasteiger partial charge >= 0.3 is 11.9 Å². The molecule has 376 valence electrons. The number of nitrogens with one attached hydrogen (secondary N) is 1. The van der Waals surface area contributed by atoms with Crippen molar-refractivity contribution in [2.24, 2.45) is 0 Å². The van der Waals surface area contributed by atoms with Crippen LogP contribution in [0.2, 0.25) is 0 Å². The van der Waals surface area contributed by atoms with Crippen molar-refractivity contribution < 1.29 is 57.0 Å². The molecule has 6 aromatic rings. The van der Waals surface area contributed by atoms with Crippen LogP contribution in [0.3, 0.4) is 0 Å². The highest BCUT2D eigenvalue weighted by atomic mass is 35.6. The van der Waals surface area contributed by atoms with E-state index in [-0.39, 0.29) is 44.2 Å². The van der Waals surface area contributed by atoms with Gasteiger partial charge in [0.1, 0.15) is 30.5 Å². The summed E-state index contributed by atoms with van der Waals surface area (Å²) in [5.74, 6) is -2.48. The van der Waals surface area contributed by atoms with Gasteiger partial charge in [0, 0.05) is 0 Å². The minimum absolute atomic E-state index is 0.0142. The molecule has 0 bridgehead atoms. The van der Waals surface area contributed by atoms with Gasteiger partial charge in [-0.1, -0.05) is 193 Å². The van der Waals surface area contributed by atoms with Crippen LogP contribution in [0.5, 0.6) is 0 Å². The zero-order valence-electron chi connectivity index (χ0n) is 39.2. The zero-order valence-corrected chi connectivity index (χ0v) is 41.4. The van der Waals surface area contributed by atoms with Crippen LogP contribution in [0.15, 0.2) is 182 Å². The smallest absolute Gasteiger partial charge is 0.338 e. The number of esters is 2. The number of benzene rings is 6. The minimum atomic E-state index is -2.35. The van der Waals surface area contributed by atoms with Gasteiger partial charge in [-0.15, -0.1) is 0 Å². The molecule has 0 radical (unpaired) electrons. The van der Waals surface area contributed by atoms with Crippen molar-refractivity contribution in [2.45, 2.75) is 98.6 Å². The SMILES string of the molecule is C[C@@H]1O[C@@H](OC(=N)C(Cl)(Cl)Cl)[C@H](OC(=O)c2ccccc2)[C@H](OC(=O)c2ccccc2)[C@H]1O[C@H]1O[C@H](COCc2ccccc2)[C@@H](OCc2ccccc2)[C@H](OCc2ccccc2)[C@H]1OCc1ccccc1. The minimum Gasteiger partial charge on any atom is -0.452 e. The first-order valence-corrected chi connectivity index (χ1v) is 24.5. The largest absolute Gasteiger partial charge is 0.452 e. The Morgan fingerprint density at radius 3 is 1.33 bits per heavy atom. The molecule has 0 amide bonds. The average molecular weight is 1040 g/mol. The Morgan fingerprint density at radius 1 is 0.472 bits per heavy atom. The number of ether oxygens (including phenoxy) is 10. The molecule has 0 spiro atoms. The molecule has 6 aromatic carbocycles. The third kappa shape index (κ3) is 14.5. The van der Waals surface area contributed by atoms with Crippen LogP contribution >= 0.6 is 34.8 Å². The second-order valence-electron chi connectivity index (χ2n) is 17.1. The average Bonchev–Trinajstić information content (AvgIpc) is 3.40. The van der Waals surface area contributed by atoms with Gasteiger partial charge in [-0.3, -0.25) is 5.41 Å². The predicted molar refractivity (Wildman–Crippen MR) is 269 cm³/mol. The van der Waals surface area contributed by atoms with Gasteiger partial charge in [0.05, 0.1) is 50.3 Å². The van der Waals surface area contributed by atoms with Crippen LogP contribution in [-0.2, 0) is 73.8 Å². The van der Waals surface area contributed by atoms with Gasteiger partial charge in [-0.25, -0.2) is 9.59 Å². The fourth-order valence-corrected chi connectivity index (χ4v) is 8.37. The molecule has 0 saturated carbocycles. The number of alkyl halides is 3. The monoisotopic (exact) mass is 1040 g/mol. The Morgan fingerprint density at radius 2 is 0.875 bits per heavy atom. The highest BCUT2D eigenvalue weighted by Gasteiger charge is 2.56. The van der Waals surface area contributed by atoms with Crippen molar-refractivity contribution in [3.63, 3.8) is 0 Å². The second kappa shape index (κ2) is 25.8. The van der Waals surface area contributed by atoms with Crippen molar-refractivity contribution >= 4 is 52.6 Å².